The van der Waals surface area contributed by atoms with E-state index in [1.54, 1.807) is 0 Å². The van der Waals surface area contributed by atoms with Crippen molar-refractivity contribution in [2.24, 2.45) is 5.92 Å². The average Bonchev–Trinajstić information content (AvgIpc) is 2.03. The zero-order valence-corrected chi connectivity index (χ0v) is 7.66. The molecule has 0 nitrogen and oxygen atoms in total. The molecule has 0 aromatic carbocycles. The van der Waals surface area contributed by atoms with Gasteiger partial charge in [-0.3, -0.25) is 0 Å². The highest BCUT2D eigenvalue weighted by atomic mass is 32.1. The maximum absolute atomic E-state index is 5.15. The van der Waals surface area contributed by atoms with Gasteiger partial charge in [0.05, 0.1) is 0 Å². The Balaban J connectivity index is 2.39. The third-order valence-corrected chi connectivity index (χ3v) is 2.29. The molecule has 1 aliphatic rings. The monoisotopic (exact) mass is 165 g/mol. The van der Waals surface area contributed by atoms with E-state index in [0.29, 0.717) is 5.92 Å². The van der Waals surface area contributed by atoms with Crippen LogP contribution in [0.4, 0.5) is 0 Å². The standard InChI is InChI=1S/C10H13S/c1-2-3-6-9-7-4-5-8-10(9)11/h4-5,7,9H,2-3,6H2,1H3. The quantitative estimate of drug-likeness (QED) is 0.579. The molecule has 0 saturated carbocycles. The fraction of sp³-hybridized carbons (Fsp3) is 0.500. The molecule has 0 bridgehead atoms. The normalized spacial score (nSPS) is 22.6. The molecule has 1 heteroatoms. The van der Waals surface area contributed by atoms with Crippen molar-refractivity contribution in [1.82, 2.24) is 0 Å². The summed E-state index contributed by atoms with van der Waals surface area (Å²) >= 11 is 5.15. The summed E-state index contributed by atoms with van der Waals surface area (Å²) in [6.07, 6.45) is 12.9. The van der Waals surface area contributed by atoms with Gasteiger partial charge >= 0.3 is 0 Å². The fourth-order valence-electron chi connectivity index (χ4n) is 1.17. The average molecular weight is 165 g/mol. The number of allylic oxidation sites excluding steroid dienone is 4. The van der Waals surface area contributed by atoms with Gasteiger partial charge in [0.1, 0.15) is 0 Å². The Morgan fingerprint density at radius 3 is 3.09 bits per heavy atom. The lowest BCUT2D eigenvalue weighted by molar-refractivity contribution is 0.669. The van der Waals surface area contributed by atoms with Gasteiger partial charge in [0.2, 0.25) is 0 Å². The van der Waals surface area contributed by atoms with Gasteiger partial charge in [-0.25, -0.2) is 0 Å². The molecule has 0 heterocycles. The van der Waals surface area contributed by atoms with Crippen LogP contribution in [0.1, 0.15) is 26.2 Å². The molecule has 0 fully saturated rings. The molecular formula is C10H13S. The molecule has 1 rings (SSSR count). The highest BCUT2D eigenvalue weighted by Gasteiger charge is 2.09. The van der Waals surface area contributed by atoms with E-state index in [2.05, 4.69) is 19.1 Å². The molecule has 59 valence electrons. The van der Waals surface area contributed by atoms with Crippen molar-refractivity contribution < 1.29 is 0 Å². The van der Waals surface area contributed by atoms with Crippen molar-refractivity contribution in [3.63, 3.8) is 0 Å². The highest BCUT2D eigenvalue weighted by molar-refractivity contribution is 7.80. The minimum Gasteiger partial charge on any atom is -0.0836 e. The van der Waals surface area contributed by atoms with Crippen LogP contribution in [0, 0.1) is 12.0 Å². The minimum absolute atomic E-state index is 0.481. The SMILES string of the molecule is CCCCC1C=CC=[C]C1=S. The van der Waals surface area contributed by atoms with Crippen molar-refractivity contribution in [1.29, 1.82) is 0 Å². The summed E-state index contributed by atoms with van der Waals surface area (Å²) in [7, 11) is 0. The molecule has 1 unspecified atom stereocenters. The van der Waals surface area contributed by atoms with E-state index in [9.17, 15) is 0 Å². The van der Waals surface area contributed by atoms with E-state index >= 15 is 0 Å². The van der Waals surface area contributed by atoms with Crippen LogP contribution in [0.15, 0.2) is 18.2 Å². The Morgan fingerprint density at radius 2 is 2.45 bits per heavy atom. The van der Waals surface area contributed by atoms with Crippen molar-refractivity contribution >= 4 is 17.1 Å². The molecule has 0 aromatic rings. The minimum atomic E-state index is 0.481. The summed E-state index contributed by atoms with van der Waals surface area (Å²) in [6.45, 7) is 2.20. The number of hydrogen-bond acceptors (Lipinski definition) is 1. The molecule has 0 spiro atoms. The summed E-state index contributed by atoms with van der Waals surface area (Å²) in [4.78, 5) is 0.973. The first-order valence-corrected chi connectivity index (χ1v) is 4.56. The maximum atomic E-state index is 5.15. The molecule has 1 atom stereocenters. The van der Waals surface area contributed by atoms with Crippen LogP contribution >= 0.6 is 12.2 Å². The number of rotatable bonds is 3. The third-order valence-electron chi connectivity index (χ3n) is 1.87. The number of thiocarbonyl (C=S) groups is 1. The number of unbranched alkanes of at least 4 members (excludes halogenated alkanes) is 1. The lowest BCUT2D eigenvalue weighted by Gasteiger charge is -2.12. The summed E-state index contributed by atoms with van der Waals surface area (Å²) in [6, 6.07) is 0. The van der Waals surface area contributed by atoms with Crippen LogP contribution in [0.5, 0.6) is 0 Å². The summed E-state index contributed by atoms with van der Waals surface area (Å²) in [5.74, 6) is 0.481. The molecule has 1 radical (unpaired) electrons. The van der Waals surface area contributed by atoms with E-state index in [1.807, 2.05) is 12.2 Å². The Labute approximate surface area is 74.0 Å². The second-order valence-corrected chi connectivity index (χ2v) is 3.25. The summed E-state index contributed by atoms with van der Waals surface area (Å²) in [5, 5.41) is 0. The summed E-state index contributed by atoms with van der Waals surface area (Å²) in [5.41, 5.74) is 0. The first-order valence-electron chi connectivity index (χ1n) is 4.15. The van der Waals surface area contributed by atoms with Crippen LogP contribution in [-0.4, -0.2) is 4.86 Å². The Morgan fingerprint density at radius 1 is 1.64 bits per heavy atom. The fourth-order valence-corrected chi connectivity index (χ4v) is 1.43. The molecule has 0 aromatic heterocycles. The Kier molecular flexibility index (Phi) is 3.50. The van der Waals surface area contributed by atoms with Crippen molar-refractivity contribution in [3.8, 4) is 0 Å². The van der Waals surface area contributed by atoms with Crippen LogP contribution < -0.4 is 0 Å². The molecule has 0 N–H and O–H groups in total. The molecule has 1 aliphatic carbocycles. The molecule has 0 aliphatic heterocycles. The van der Waals surface area contributed by atoms with Crippen LogP contribution in [0.25, 0.3) is 0 Å². The van der Waals surface area contributed by atoms with E-state index < -0.39 is 0 Å². The Hall–Kier alpha value is -0.430. The first kappa shape index (κ1) is 8.66. The zero-order valence-electron chi connectivity index (χ0n) is 6.84. The topological polar surface area (TPSA) is 0 Å². The summed E-state index contributed by atoms with van der Waals surface area (Å²) < 4.78 is 0. The number of hydrogen-bond donors (Lipinski definition) is 0. The zero-order chi connectivity index (χ0) is 8.10. The molecule has 11 heavy (non-hydrogen) atoms. The predicted molar refractivity (Wildman–Crippen MR) is 52.6 cm³/mol. The van der Waals surface area contributed by atoms with Gasteiger partial charge in [-0.15, -0.1) is 0 Å². The molecular weight excluding hydrogens is 152 g/mol. The van der Waals surface area contributed by atoms with Crippen LogP contribution in [0.2, 0.25) is 0 Å². The third kappa shape index (κ3) is 2.58. The van der Waals surface area contributed by atoms with Crippen molar-refractivity contribution in [2.75, 3.05) is 0 Å². The van der Waals surface area contributed by atoms with Gasteiger partial charge in [-0.05, 0) is 12.5 Å². The van der Waals surface area contributed by atoms with E-state index in [-0.39, 0.29) is 0 Å². The van der Waals surface area contributed by atoms with Gasteiger partial charge in [-0.2, -0.15) is 0 Å². The predicted octanol–water partition coefficient (Wildman–Crippen LogP) is 3.09. The molecule has 0 amide bonds. The van der Waals surface area contributed by atoms with Gasteiger partial charge in [0, 0.05) is 10.8 Å². The van der Waals surface area contributed by atoms with Crippen molar-refractivity contribution in [2.45, 2.75) is 26.2 Å². The smallest absolute Gasteiger partial charge is 0.0299 e. The first-order chi connectivity index (χ1) is 5.34. The second-order valence-electron chi connectivity index (χ2n) is 2.81. The largest absolute Gasteiger partial charge is 0.0836 e. The van der Waals surface area contributed by atoms with Crippen LogP contribution in [0.3, 0.4) is 0 Å². The second kappa shape index (κ2) is 4.45. The van der Waals surface area contributed by atoms with Gasteiger partial charge in [0.15, 0.2) is 0 Å². The van der Waals surface area contributed by atoms with E-state index in [1.165, 1.54) is 19.3 Å². The van der Waals surface area contributed by atoms with E-state index in [4.69, 9.17) is 12.2 Å². The lowest BCUT2D eigenvalue weighted by atomic mass is 9.95. The van der Waals surface area contributed by atoms with Gasteiger partial charge < -0.3 is 0 Å². The van der Waals surface area contributed by atoms with Crippen molar-refractivity contribution in [3.05, 3.63) is 24.3 Å². The van der Waals surface area contributed by atoms with Gasteiger partial charge in [0.25, 0.3) is 0 Å². The van der Waals surface area contributed by atoms with Crippen LogP contribution in [-0.2, 0) is 0 Å². The highest BCUT2D eigenvalue weighted by Crippen LogP contribution is 2.15. The maximum Gasteiger partial charge on any atom is 0.0299 e. The lowest BCUT2D eigenvalue weighted by Crippen LogP contribution is -2.09. The van der Waals surface area contributed by atoms with E-state index in [0.717, 1.165) is 4.86 Å². The molecule has 0 saturated heterocycles. The Bertz CT molecular complexity index is 189. The van der Waals surface area contributed by atoms with Gasteiger partial charge in [-0.1, -0.05) is 50.2 Å².